The number of nitrogens with one attached hydrogen (secondary N) is 1. The van der Waals surface area contributed by atoms with Gasteiger partial charge in [0.1, 0.15) is 0 Å². The molecule has 2 aromatic carbocycles. The van der Waals surface area contributed by atoms with E-state index in [0.29, 0.717) is 5.76 Å². The summed E-state index contributed by atoms with van der Waals surface area (Å²) in [5.41, 5.74) is 3.21. The summed E-state index contributed by atoms with van der Waals surface area (Å²) in [7, 11) is -3.69. The van der Waals surface area contributed by atoms with Gasteiger partial charge in [-0.25, -0.2) is 8.42 Å². The first kappa shape index (κ1) is 15.9. The van der Waals surface area contributed by atoms with Gasteiger partial charge in [0.25, 0.3) is 10.0 Å². The number of aromatic nitrogens is 1. The summed E-state index contributed by atoms with van der Waals surface area (Å²) in [6, 6.07) is 16.4. The topological polar surface area (TPSA) is 72.2 Å². The van der Waals surface area contributed by atoms with Crippen LogP contribution in [0.3, 0.4) is 0 Å². The number of rotatable bonds is 4. The minimum atomic E-state index is -3.69. The van der Waals surface area contributed by atoms with E-state index in [4.69, 9.17) is 4.52 Å². The van der Waals surface area contributed by atoms with Gasteiger partial charge in [-0.1, -0.05) is 41.6 Å². The van der Waals surface area contributed by atoms with E-state index in [-0.39, 0.29) is 10.7 Å². The van der Waals surface area contributed by atoms with Gasteiger partial charge in [0, 0.05) is 11.6 Å². The van der Waals surface area contributed by atoms with E-state index in [2.05, 4.69) is 9.88 Å². The summed E-state index contributed by atoms with van der Waals surface area (Å²) in [5, 5.41) is 3.83. The summed E-state index contributed by atoms with van der Waals surface area (Å²) in [6.07, 6.45) is 4.22. The van der Waals surface area contributed by atoms with E-state index in [9.17, 15) is 8.42 Å². The number of aryl methyl sites for hydroxylation is 2. The van der Waals surface area contributed by atoms with Crippen molar-refractivity contribution in [3.8, 4) is 11.3 Å². The molecule has 1 aliphatic carbocycles. The average molecular weight is 354 g/mol. The van der Waals surface area contributed by atoms with Crippen molar-refractivity contribution < 1.29 is 12.9 Å². The Kier molecular flexibility index (Phi) is 4.05. The summed E-state index contributed by atoms with van der Waals surface area (Å²) < 4.78 is 33.0. The number of nitrogens with zero attached hydrogens (tertiary/aromatic N) is 1. The third-order valence-corrected chi connectivity index (χ3v) is 5.79. The van der Waals surface area contributed by atoms with Crippen molar-refractivity contribution in [1.82, 2.24) is 5.16 Å². The monoisotopic (exact) mass is 354 g/mol. The summed E-state index contributed by atoms with van der Waals surface area (Å²) >= 11 is 0. The van der Waals surface area contributed by atoms with Crippen LogP contribution in [0.15, 0.2) is 64.0 Å². The van der Waals surface area contributed by atoms with Gasteiger partial charge in [0.15, 0.2) is 11.6 Å². The summed E-state index contributed by atoms with van der Waals surface area (Å²) in [5.74, 6) is 0.695. The minimum Gasteiger partial charge on any atom is -0.354 e. The van der Waals surface area contributed by atoms with Crippen LogP contribution in [-0.2, 0) is 22.9 Å². The van der Waals surface area contributed by atoms with Crippen molar-refractivity contribution in [2.45, 2.75) is 30.6 Å². The predicted octanol–water partition coefficient (Wildman–Crippen LogP) is 4.02. The molecule has 0 saturated heterocycles. The molecular weight excluding hydrogens is 336 g/mol. The van der Waals surface area contributed by atoms with Crippen LogP contribution in [0.2, 0.25) is 0 Å². The molecule has 0 bridgehead atoms. The van der Waals surface area contributed by atoms with Crippen LogP contribution < -0.4 is 4.72 Å². The predicted molar refractivity (Wildman–Crippen MR) is 95.8 cm³/mol. The van der Waals surface area contributed by atoms with Crippen molar-refractivity contribution in [2.24, 2.45) is 0 Å². The van der Waals surface area contributed by atoms with E-state index in [1.807, 2.05) is 36.4 Å². The lowest BCUT2D eigenvalue weighted by Gasteiger charge is -2.16. The third kappa shape index (κ3) is 3.30. The molecule has 128 valence electrons. The molecular formula is C19H18N2O3S. The van der Waals surface area contributed by atoms with Gasteiger partial charge in [0.2, 0.25) is 0 Å². The van der Waals surface area contributed by atoms with E-state index in [0.717, 1.165) is 30.4 Å². The molecule has 6 heteroatoms. The highest BCUT2D eigenvalue weighted by Gasteiger charge is 2.19. The number of sulfonamides is 1. The molecule has 3 aromatic rings. The molecule has 5 nitrogen and oxygen atoms in total. The van der Waals surface area contributed by atoms with E-state index in [1.54, 1.807) is 18.2 Å². The Balaban J connectivity index is 1.59. The molecule has 0 spiro atoms. The Morgan fingerprint density at radius 2 is 1.68 bits per heavy atom. The van der Waals surface area contributed by atoms with Crippen molar-refractivity contribution in [3.63, 3.8) is 0 Å². The quantitative estimate of drug-likeness (QED) is 0.768. The van der Waals surface area contributed by atoms with Crippen molar-refractivity contribution >= 4 is 15.8 Å². The molecule has 0 amide bonds. The van der Waals surface area contributed by atoms with E-state index in [1.165, 1.54) is 12.0 Å². The lowest BCUT2D eigenvalue weighted by atomic mass is 9.92. The number of benzene rings is 2. The van der Waals surface area contributed by atoms with Crippen molar-refractivity contribution in [2.75, 3.05) is 4.72 Å². The number of hydrogen-bond donors (Lipinski definition) is 1. The molecule has 1 aromatic heterocycles. The Morgan fingerprint density at radius 3 is 2.48 bits per heavy atom. The molecule has 1 N–H and O–H groups in total. The standard InChI is InChI=1S/C19H18N2O3S/c22-25(23,17-11-10-14-6-4-5-9-16(14)12-17)21-19-13-18(24-20-19)15-7-2-1-3-8-15/h1-3,7-8,10-13H,4-6,9H2,(H,20,21). The molecule has 4 rings (SSSR count). The molecule has 1 aliphatic rings. The number of fused-ring (bicyclic) bond motifs is 1. The highest BCUT2D eigenvalue weighted by atomic mass is 32.2. The fourth-order valence-electron chi connectivity index (χ4n) is 3.14. The maximum Gasteiger partial charge on any atom is 0.263 e. The second-order valence-corrected chi connectivity index (χ2v) is 7.87. The zero-order valence-corrected chi connectivity index (χ0v) is 14.4. The largest absolute Gasteiger partial charge is 0.354 e. The minimum absolute atomic E-state index is 0.177. The Bertz CT molecular complexity index is 995. The van der Waals surface area contributed by atoms with Crippen molar-refractivity contribution in [3.05, 3.63) is 65.7 Å². The molecule has 0 fully saturated rings. The van der Waals surface area contributed by atoms with Gasteiger partial charge in [-0.15, -0.1) is 0 Å². The van der Waals surface area contributed by atoms with Gasteiger partial charge in [-0.2, -0.15) is 0 Å². The molecule has 0 unspecified atom stereocenters. The Labute approximate surface area is 146 Å². The molecule has 1 heterocycles. The molecule has 0 aliphatic heterocycles. The van der Waals surface area contributed by atoms with Crippen LogP contribution in [0.25, 0.3) is 11.3 Å². The summed E-state index contributed by atoms with van der Waals surface area (Å²) in [4.78, 5) is 0.261. The van der Waals surface area contributed by atoms with Crippen LogP contribution in [0.4, 0.5) is 5.82 Å². The smallest absolute Gasteiger partial charge is 0.263 e. The van der Waals surface area contributed by atoms with E-state index < -0.39 is 10.0 Å². The highest BCUT2D eigenvalue weighted by molar-refractivity contribution is 7.92. The SMILES string of the molecule is O=S(=O)(Nc1cc(-c2ccccc2)on1)c1ccc2c(c1)CCCC2. The number of hydrogen-bond acceptors (Lipinski definition) is 4. The molecule has 0 atom stereocenters. The second kappa shape index (κ2) is 6.37. The van der Waals surface area contributed by atoms with Crippen molar-refractivity contribution in [1.29, 1.82) is 0 Å². The Hall–Kier alpha value is -2.60. The first-order chi connectivity index (χ1) is 12.1. The zero-order valence-electron chi connectivity index (χ0n) is 13.6. The van der Waals surface area contributed by atoms with Gasteiger partial charge in [-0.05, 0) is 48.9 Å². The van der Waals surface area contributed by atoms with Gasteiger partial charge < -0.3 is 4.52 Å². The van der Waals surface area contributed by atoms with E-state index >= 15 is 0 Å². The van der Waals surface area contributed by atoms with Crippen LogP contribution >= 0.6 is 0 Å². The molecule has 0 radical (unpaired) electrons. The van der Waals surface area contributed by atoms with Crippen LogP contribution in [-0.4, -0.2) is 13.6 Å². The first-order valence-electron chi connectivity index (χ1n) is 8.29. The average Bonchev–Trinajstić information content (AvgIpc) is 3.10. The van der Waals surface area contributed by atoms with Crippen LogP contribution in [0.5, 0.6) is 0 Å². The Morgan fingerprint density at radius 1 is 0.920 bits per heavy atom. The maximum absolute atomic E-state index is 12.6. The van der Waals surface area contributed by atoms with Gasteiger partial charge >= 0.3 is 0 Å². The summed E-state index contributed by atoms with van der Waals surface area (Å²) in [6.45, 7) is 0. The second-order valence-electron chi connectivity index (χ2n) is 6.19. The molecule has 0 saturated carbocycles. The highest BCUT2D eigenvalue weighted by Crippen LogP contribution is 2.26. The van der Waals surface area contributed by atoms with Gasteiger partial charge in [0.05, 0.1) is 4.90 Å². The van der Waals surface area contributed by atoms with Crippen LogP contribution in [0.1, 0.15) is 24.0 Å². The van der Waals surface area contributed by atoms with Crippen LogP contribution in [0, 0.1) is 0 Å². The molecule has 25 heavy (non-hydrogen) atoms. The normalized spacial score (nSPS) is 14.1. The first-order valence-corrected chi connectivity index (χ1v) is 9.77. The fourth-order valence-corrected chi connectivity index (χ4v) is 4.17. The number of anilines is 1. The fraction of sp³-hybridized carbons (Fsp3) is 0.211. The third-order valence-electron chi connectivity index (χ3n) is 4.44. The maximum atomic E-state index is 12.6. The van der Waals surface area contributed by atoms with Gasteiger partial charge in [-0.3, -0.25) is 4.72 Å². The zero-order chi connectivity index (χ0) is 17.3. The lowest BCUT2D eigenvalue weighted by molar-refractivity contribution is 0.435. The lowest BCUT2D eigenvalue weighted by Crippen LogP contribution is -2.14.